The predicted octanol–water partition coefficient (Wildman–Crippen LogP) is 3.48. The van der Waals surface area contributed by atoms with Crippen LogP contribution in [0.5, 0.6) is 0 Å². The minimum atomic E-state index is -1.19. The lowest BCUT2D eigenvalue weighted by Gasteiger charge is -2.08. The monoisotopic (exact) mass is 215 g/mol. The predicted molar refractivity (Wildman–Crippen MR) is 54.2 cm³/mol. The van der Waals surface area contributed by atoms with Crippen LogP contribution in [-0.4, -0.2) is 6.54 Å². The molecule has 1 nitrogen and oxygen atoms in total. The van der Waals surface area contributed by atoms with Gasteiger partial charge in [0.25, 0.3) is 0 Å². The summed E-state index contributed by atoms with van der Waals surface area (Å²) in [4.78, 5) is 0. The Hall–Kier alpha value is -1.45. The molecule has 0 aliphatic heterocycles. The quantitative estimate of drug-likeness (QED) is 0.599. The zero-order chi connectivity index (χ0) is 11.4. The molecule has 0 saturated carbocycles. The number of hydrogen-bond donors (Lipinski definition) is 1. The lowest BCUT2D eigenvalue weighted by molar-refractivity contribution is 0.497. The van der Waals surface area contributed by atoms with Crippen LogP contribution in [0.2, 0.25) is 0 Å². The fourth-order valence-electron chi connectivity index (χ4n) is 1.03. The summed E-state index contributed by atoms with van der Waals surface area (Å²) in [5.41, 5.74) is 0.654. The highest BCUT2D eigenvalue weighted by Gasteiger charge is 2.10. The van der Waals surface area contributed by atoms with Gasteiger partial charge in [0.1, 0.15) is 5.82 Å². The Morgan fingerprint density at radius 2 is 2.00 bits per heavy atom. The molecule has 82 valence electrons. The van der Waals surface area contributed by atoms with Gasteiger partial charge in [-0.1, -0.05) is 19.1 Å². The van der Waals surface area contributed by atoms with Crippen molar-refractivity contribution in [2.75, 3.05) is 11.9 Å². The Bertz CT molecular complexity index is 374. The summed E-state index contributed by atoms with van der Waals surface area (Å²) in [7, 11) is 0. The van der Waals surface area contributed by atoms with Gasteiger partial charge in [-0.3, -0.25) is 0 Å². The van der Waals surface area contributed by atoms with Crippen LogP contribution in [0.25, 0.3) is 0 Å². The highest BCUT2D eigenvalue weighted by Crippen LogP contribution is 2.19. The summed E-state index contributed by atoms with van der Waals surface area (Å²) in [6.07, 6.45) is 0.729. The number of nitrogens with one attached hydrogen (secondary N) is 1. The molecule has 0 unspecified atom stereocenters. The standard InChI is InChI=1S/C11H12F3N/c1-3-7(2)6-15-10-5-8(12)4-9(13)11(10)14/h4-5,15H,2-3,6H2,1H3. The second kappa shape index (κ2) is 4.87. The molecule has 4 heteroatoms. The molecule has 0 atom stereocenters. The van der Waals surface area contributed by atoms with Crippen LogP contribution in [0.1, 0.15) is 13.3 Å². The first kappa shape index (κ1) is 11.6. The molecule has 0 saturated heterocycles. The van der Waals surface area contributed by atoms with Gasteiger partial charge in [-0.05, 0) is 6.42 Å². The van der Waals surface area contributed by atoms with E-state index in [4.69, 9.17) is 0 Å². The molecule has 1 N–H and O–H groups in total. The molecule has 0 aliphatic carbocycles. The molecule has 0 bridgehead atoms. The van der Waals surface area contributed by atoms with E-state index >= 15 is 0 Å². The van der Waals surface area contributed by atoms with Crippen LogP contribution in [0.4, 0.5) is 18.9 Å². The molecule has 0 spiro atoms. The van der Waals surface area contributed by atoms with Crippen LogP contribution >= 0.6 is 0 Å². The summed E-state index contributed by atoms with van der Waals surface area (Å²) in [5, 5.41) is 2.59. The Morgan fingerprint density at radius 1 is 1.33 bits per heavy atom. The van der Waals surface area contributed by atoms with E-state index in [0.717, 1.165) is 18.1 Å². The number of benzene rings is 1. The third kappa shape index (κ3) is 3.01. The van der Waals surface area contributed by atoms with E-state index in [9.17, 15) is 13.2 Å². The fourth-order valence-corrected chi connectivity index (χ4v) is 1.03. The first-order valence-electron chi connectivity index (χ1n) is 4.59. The average Bonchev–Trinajstić information content (AvgIpc) is 2.20. The third-order valence-electron chi connectivity index (χ3n) is 2.02. The van der Waals surface area contributed by atoms with Gasteiger partial charge in [-0.15, -0.1) is 0 Å². The second-order valence-electron chi connectivity index (χ2n) is 3.21. The number of hydrogen-bond acceptors (Lipinski definition) is 1. The minimum absolute atomic E-state index is 0.179. The van der Waals surface area contributed by atoms with Crippen molar-refractivity contribution in [1.29, 1.82) is 0 Å². The van der Waals surface area contributed by atoms with Gasteiger partial charge in [-0.25, -0.2) is 13.2 Å². The first-order chi connectivity index (χ1) is 7.04. The van der Waals surface area contributed by atoms with E-state index in [1.54, 1.807) is 0 Å². The average molecular weight is 215 g/mol. The zero-order valence-corrected chi connectivity index (χ0v) is 8.41. The largest absolute Gasteiger partial charge is 0.379 e. The molecule has 1 aromatic carbocycles. The van der Waals surface area contributed by atoms with Gasteiger partial charge in [0.05, 0.1) is 5.69 Å². The van der Waals surface area contributed by atoms with Gasteiger partial charge in [0.15, 0.2) is 11.6 Å². The van der Waals surface area contributed by atoms with Crippen molar-refractivity contribution in [2.45, 2.75) is 13.3 Å². The van der Waals surface area contributed by atoms with Crippen molar-refractivity contribution < 1.29 is 13.2 Å². The smallest absolute Gasteiger partial charge is 0.182 e. The van der Waals surface area contributed by atoms with Gasteiger partial charge < -0.3 is 5.32 Å². The van der Waals surface area contributed by atoms with Crippen molar-refractivity contribution in [2.24, 2.45) is 0 Å². The highest BCUT2D eigenvalue weighted by atomic mass is 19.2. The van der Waals surface area contributed by atoms with Gasteiger partial charge in [-0.2, -0.15) is 0 Å². The summed E-state index contributed by atoms with van der Waals surface area (Å²) in [6.45, 7) is 5.89. The maximum absolute atomic E-state index is 13.1. The topological polar surface area (TPSA) is 12.0 Å². The molecular weight excluding hydrogens is 203 g/mol. The van der Waals surface area contributed by atoms with E-state index in [1.807, 2.05) is 6.92 Å². The summed E-state index contributed by atoms with van der Waals surface area (Å²) in [6, 6.07) is 1.43. The summed E-state index contributed by atoms with van der Waals surface area (Å²) < 4.78 is 38.6. The van der Waals surface area contributed by atoms with Crippen LogP contribution in [0.15, 0.2) is 24.3 Å². The van der Waals surface area contributed by atoms with Gasteiger partial charge in [0, 0.05) is 18.7 Å². The van der Waals surface area contributed by atoms with E-state index in [1.165, 1.54) is 0 Å². The third-order valence-corrected chi connectivity index (χ3v) is 2.02. The van der Waals surface area contributed by atoms with Crippen LogP contribution in [0.3, 0.4) is 0 Å². The molecule has 0 amide bonds. The Labute approximate surface area is 86.6 Å². The SMILES string of the molecule is C=C(CC)CNc1cc(F)cc(F)c1F. The van der Waals surface area contributed by atoms with Crippen molar-refractivity contribution in [3.8, 4) is 0 Å². The molecule has 1 aromatic rings. The number of halogens is 3. The lowest BCUT2D eigenvalue weighted by Crippen LogP contribution is -2.06. The number of rotatable bonds is 4. The maximum Gasteiger partial charge on any atom is 0.182 e. The zero-order valence-electron chi connectivity index (χ0n) is 8.41. The van der Waals surface area contributed by atoms with Crippen LogP contribution in [-0.2, 0) is 0 Å². The van der Waals surface area contributed by atoms with Crippen LogP contribution < -0.4 is 5.32 Å². The molecule has 0 fully saturated rings. The molecule has 15 heavy (non-hydrogen) atoms. The Kier molecular flexibility index (Phi) is 3.77. The molecule has 0 radical (unpaired) electrons. The van der Waals surface area contributed by atoms with E-state index in [0.29, 0.717) is 12.6 Å². The lowest BCUT2D eigenvalue weighted by atomic mass is 10.2. The Morgan fingerprint density at radius 3 is 2.60 bits per heavy atom. The van der Waals surface area contributed by atoms with Crippen molar-refractivity contribution >= 4 is 5.69 Å². The first-order valence-corrected chi connectivity index (χ1v) is 4.59. The van der Waals surface area contributed by atoms with E-state index in [-0.39, 0.29) is 5.69 Å². The van der Waals surface area contributed by atoms with Gasteiger partial charge in [0.2, 0.25) is 0 Å². The van der Waals surface area contributed by atoms with Gasteiger partial charge >= 0.3 is 0 Å². The maximum atomic E-state index is 13.1. The molecule has 1 rings (SSSR count). The second-order valence-corrected chi connectivity index (χ2v) is 3.21. The molecular formula is C11H12F3N. The fraction of sp³-hybridized carbons (Fsp3) is 0.273. The number of anilines is 1. The van der Waals surface area contributed by atoms with Crippen LogP contribution in [0, 0.1) is 17.5 Å². The minimum Gasteiger partial charge on any atom is -0.379 e. The normalized spacial score (nSPS) is 10.1. The molecule has 0 heterocycles. The van der Waals surface area contributed by atoms with E-state index in [2.05, 4.69) is 11.9 Å². The molecule has 0 aromatic heterocycles. The highest BCUT2D eigenvalue weighted by molar-refractivity contribution is 5.46. The van der Waals surface area contributed by atoms with E-state index < -0.39 is 17.5 Å². The molecule has 0 aliphatic rings. The van der Waals surface area contributed by atoms with Crippen molar-refractivity contribution in [3.05, 3.63) is 41.7 Å². The summed E-state index contributed by atoms with van der Waals surface area (Å²) in [5.74, 6) is -3.07. The van der Waals surface area contributed by atoms with Crippen molar-refractivity contribution in [1.82, 2.24) is 0 Å². The van der Waals surface area contributed by atoms with Crippen molar-refractivity contribution in [3.63, 3.8) is 0 Å². The Balaban J connectivity index is 2.81. The summed E-state index contributed by atoms with van der Waals surface area (Å²) >= 11 is 0.